The van der Waals surface area contributed by atoms with Crippen LogP contribution in [-0.2, 0) is 47.3 Å². The summed E-state index contributed by atoms with van der Waals surface area (Å²) in [5.74, 6) is -4.41. The fourth-order valence-corrected chi connectivity index (χ4v) is 7.12. The van der Waals surface area contributed by atoms with E-state index in [1.165, 1.54) is 50.6 Å². The number of carbonyl (C=O) groups excluding carboxylic acids is 4. The van der Waals surface area contributed by atoms with Gasteiger partial charge < -0.3 is 24.1 Å². The molecule has 4 unspecified atom stereocenters. The number of ether oxygens (including phenoxy) is 4. The van der Waals surface area contributed by atoms with Crippen LogP contribution < -0.4 is 0 Å². The monoisotopic (exact) mass is 1540 g/mol. The highest BCUT2D eigenvalue weighted by Gasteiger charge is 2.47. The number of rotatable bonds is 16. The lowest BCUT2D eigenvalue weighted by molar-refractivity contribution is -0.165. The first-order valence-corrected chi connectivity index (χ1v) is 29.4. The van der Waals surface area contributed by atoms with Gasteiger partial charge in [-0.05, 0) is 174 Å². The van der Waals surface area contributed by atoms with Gasteiger partial charge in [-0.3, -0.25) is 23.7 Å². The number of ketones is 1. The minimum atomic E-state index is -1.05. The molecule has 2 fully saturated rings. The van der Waals surface area contributed by atoms with Gasteiger partial charge >= 0.3 is 20.6 Å². The van der Waals surface area contributed by atoms with Crippen molar-refractivity contribution in [2.45, 2.75) is 52.2 Å². The fraction of sp³-hybridized carbons (Fsp3) is 0.408. The first kappa shape index (κ1) is 77.7. The molecule has 5 aromatic rings. The third-order valence-electron chi connectivity index (χ3n) is 8.93. The molecule has 448 valence electrons. The Bertz CT molecular complexity index is 2680. The number of nitrogens with zero attached hydrogens (tertiary/aromatic N) is 6. The average molecular weight is 1550 g/mol. The molecule has 0 aromatic carbocycles. The molecule has 18 nitrogen and oxygen atoms in total. The molecule has 5 aromatic heterocycles. The maximum Gasteiger partial charge on any atom is 0.333 e. The van der Waals surface area contributed by atoms with E-state index in [-0.39, 0.29) is 82.9 Å². The Morgan fingerprint density at radius 2 is 1.22 bits per heavy atom. The van der Waals surface area contributed by atoms with E-state index in [1.807, 2.05) is 13.8 Å². The van der Waals surface area contributed by atoms with Gasteiger partial charge in [0.1, 0.15) is 81.5 Å². The highest BCUT2D eigenvalue weighted by Crippen LogP contribution is 2.48. The van der Waals surface area contributed by atoms with Crippen LogP contribution >= 0.6 is 123 Å². The Morgan fingerprint density at radius 1 is 0.716 bits per heavy atom. The van der Waals surface area contributed by atoms with Crippen molar-refractivity contribution >= 4 is 147 Å². The zero-order valence-electron chi connectivity index (χ0n) is 43.7. The molecule has 0 radical (unpaired) electrons. The van der Waals surface area contributed by atoms with Gasteiger partial charge in [-0.2, -0.15) is 0 Å². The molecule has 0 bridgehead atoms. The summed E-state index contributed by atoms with van der Waals surface area (Å²) in [5.41, 5.74) is 0.505. The number of hydrogen-bond acceptors (Lipinski definition) is 17. The molecule has 0 spiro atoms. The molecule has 1 aliphatic heterocycles. The largest absolute Gasteiger partial charge is 0.466 e. The highest BCUT2D eigenvalue weighted by molar-refractivity contribution is 9.11. The molecule has 1 amide bonds. The van der Waals surface area contributed by atoms with Gasteiger partial charge in [-0.15, -0.1) is 34.8 Å². The van der Waals surface area contributed by atoms with Crippen LogP contribution in [0, 0.1) is 35.0 Å². The molecular formula is C49H54Br5Cl3F5N6O12P. The van der Waals surface area contributed by atoms with E-state index in [0.717, 1.165) is 30.5 Å². The van der Waals surface area contributed by atoms with Gasteiger partial charge in [0, 0.05) is 26.2 Å². The van der Waals surface area contributed by atoms with Crippen molar-refractivity contribution < 1.29 is 79.1 Å². The normalized spacial score (nSPS) is 14.2. The van der Waals surface area contributed by atoms with Gasteiger partial charge in [0.2, 0.25) is 0 Å². The van der Waals surface area contributed by atoms with Crippen LogP contribution in [0.4, 0.5) is 22.0 Å². The van der Waals surface area contributed by atoms with Crippen molar-refractivity contribution in [2.75, 3.05) is 71.4 Å². The Hall–Kier alpha value is -3.35. The number of hydroxylamine groups is 2. The van der Waals surface area contributed by atoms with E-state index in [9.17, 15) is 50.8 Å². The number of epoxide rings is 1. The second-order valence-corrected chi connectivity index (χ2v) is 20.0. The topological polar surface area (TPSA) is 232 Å². The molecule has 1 saturated carbocycles. The predicted molar refractivity (Wildman–Crippen MR) is 309 cm³/mol. The molecule has 32 heteroatoms. The predicted octanol–water partition coefficient (Wildman–Crippen LogP) is 13.4. The smallest absolute Gasteiger partial charge is 0.333 e. The summed E-state index contributed by atoms with van der Waals surface area (Å²) in [6.07, 6.45) is 0.611. The number of esters is 2. The molecule has 2 aliphatic rings. The number of halogens is 13. The number of Topliss-reactive ketones (excluding diaryl/α,β-unsaturated/α-hetero) is 1. The first-order valence-electron chi connectivity index (χ1n) is 23.1. The maximum absolute atomic E-state index is 13.4. The van der Waals surface area contributed by atoms with Crippen molar-refractivity contribution in [1.82, 2.24) is 30.0 Å². The molecule has 6 heterocycles. The summed E-state index contributed by atoms with van der Waals surface area (Å²) in [5, 5.41) is 10.3. The van der Waals surface area contributed by atoms with E-state index in [0.29, 0.717) is 60.6 Å². The summed E-state index contributed by atoms with van der Waals surface area (Å²) in [4.78, 5) is 66.6. The summed E-state index contributed by atoms with van der Waals surface area (Å²) in [7, 11) is 2.42. The van der Waals surface area contributed by atoms with Crippen LogP contribution in [0.3, 0.4) is 0 Å². The van der Waals surface area contributed by atoms with Gasteiger partial charge in [0.05, 0.1) is 56.5 Å². The minimum absolute atomic E-state index is 0.0284. The van der Waals surface area contributed by atoms with E-state index in [1.54, 1.807) is 32.0 Å². The van der Waals surface area contributed by atoms with Crippen LogP contribution in [-0.4, -0.2) is 130 Å². The van der Waals surface area contributed by atoms with Crippen LogP contribution in [0.25, 0.3) is 0 Å². The minimum Gasteiger partial charge on any atom is -0.466 e. The van der Waals surface area contributed by atoms with Crippen molar-refractivity contribution in [3.63, 3.8) is 0 Å². The number of amides is 1. The lowest BCUT2D eigenvalue weighted by Crippen LogP contribution is -2.26. The van der Waals surface area contributed by atoms with Gasteiger partial charge in [-0.25, -0.2) is 61.3 Å². The number of pyridine rings is 5. The van der Waals surface area contributed by atoms with E-state index >= 15 is 0 Å². The second-order valence-electron chi connectivity index (χ2n) is 14.7. The van der Waals surface area contributed by atoms with Gasteiger partial charge in [0.15, 0.2) is 18.2 Å². The number of alkyl halides is 3. The first-order chi connectivity index (χ1) is 38.4. The van der Waals surface area contributed by atoms with Crippen LogP contribution in [0.1, 0.15) is 79.8 Å². The average Bonchev–Trinajstić information content (AvgIpc) is 4.46. The molecule has 4 atom stereocenters. The Balaban J connectivity index is 0.000000920. The standard InChI is InChI=1S/C11H11BrFNO2.C7H6BrClFNO.C7H4BrClFNO.C7H5BrFNO.C5H3BrFN.C4H8ClNO2.C4H7O4P.C4H10O/c1-2-16-11(15)7-5-6(7)10-8(13)3-4-9(12)14-10;2*8-6-2-1-4(10)7(11-6)5(12)3-9;8-6-2-1-4(9)7(10-6)5-3-11-5;6-5-2-1-4(7)3-8-5;1-6(8-2)4(7)3-5;1-2-7-4(5)3-8-9-6;1-3-5-4-2/h3-4,6-7H,2,5H2,1H3;1-2,5,12H,3H2;1-2H,3H2;1-2,5H,3H2;1-3H;3H2,1-2H3;2-3H2,1H3;3-4H2,1-2H3. The van der Waals surface area contributed by atoms with Gasteiger partial charge in [-0.1, -0.05) is 0 Å². The van der Waals surface area contributed by atoms with E-state index < -0.39 is 38.2 Å². The summed E-state index contributed by atoms with van der Waals surface area (Å²) >= 11 is 31.2. The number of hydrogen-bond donors (Lipinski definition) is 1. The zero-order chi connectivity index (χ0) is 61.6. The van der Waals surface area contributed by atoms with E-state index in [4.69, 9.17) is 49.0 Å². The molecule has 1 aliphatic carbocycles. The Morgan fingerprint density at radius 3 is 1.65 bits per heavy atom. The van der Waals surface area contributed by atoms with Crippen LogP contribution in [0.2, 0.25) is 0 Å². The summed E-state index contributed by atoms with van der Waals surface area (Å²) < 4.78 is 99.7. The van der Waals surface area contributed by atoms with Crippen LogP contribution in [0.15, 0.2) is 89.9 Å². The van der Waals surface area contributed by atoms with Crippen molar-refractivity contribution in [3.05, 3.63) is 142 Å². The second kappa shape index (κ2) is 45.1. The Kier molecular flexibility index (Phi) is 43.2. The lowest BCUT2D eigenvalue weighted by atomic mass is 10.2. The van der Waals surface area contributed by atoms with Gasteiger partial charge in [0.25, 0.3) is 5.91 Å². The SMILES string of the molecule is CCOC(=O)C1CC1c1nc(Br)ccc1F.CCOC(=O)COP=O.CCOCC.CON(C)C(=O)CCl.Fc1ccc(Br)nc1.Fc1ccc(Br)nc1C1CO1.O=C(CCl)c1nc(Br)ccc1F.OC(CCl)c1nc(Br)ccc1F. The summed E-state index contributed by atoms with van der Waals surface area (Å²) in [6, 6.07) is 14.0. The number of aliphatic hydroxyl groups excluding tert-OH is 1. The zero-order valence-corrected chi connectivity index (χ0v) is 54.8. The number of aromatic nitrogens is 5. The number of carbonyl (C=O) groups is 4. The lowest BCUT2D eigenvalue weighted by Gasteiger charge is -2.10. The molecule has 7 rings (SSSR count). The van der Waals surface area contributed by atoms with E-state index in [2.05, 4.69) is 119 Å². The fourth-order valence-electron chi connectivity index (χ4n) is 5.01. The number of aliphatic hydroxyl groups is 1. The third kappa shape index (κ3) is 34.3. The van der Waals surface area contributed by atoms with Crippen molar-refractivity contribution in [1.29, 1.82) is 0 Å². The quantitative estimate of drug-likeness (QED) is 0.0141. The van der Waals surface area contributed by atoms with Crippen LogP contribution in [0.5, 0.6) is 0 Å². The maximum atomic E-state index is 13.4. The Labute approximate surface area is 523 Å². The molecular weight excluding hydrogens is 1500 g/mol. The van der Waals surface area contributed by atoms with Crippen molar-refractivity contribution in [2.24, 2.45) is 5.92 Å². The molecule has 81 heavy (non-hydrogen) atoms. The van der Waals surface area contributed by atoms with Crippen molar-refractivity contribution in [3.8, 4) is 0 Å². The molecule has 1 saturated heterocycles. The summed E-state index contributed by atoms with van der Waals surface area (Å²) in [6.45, 7) is 10.1. The highest BCUT2D eigenvalue weighted by atomic mass is 79.9. The third-order valence-corrected chi connectivity index (χ3v) is 12.2. The molecule has 1 N–H and O–H groups in total.